The van der Waals surface area contributed by atoms with Crippen LogP contribution in [0.4, 0.5) is 11.4 Å². The third-order valence-corrected chi connectivity index (χ3v) is 4.27. The van der Waals surface area contributed by atoms with E-state index in [-0.39, 0.29) is 12.5 Å². The van der Waals surface area contributed by atoms with Crippen LogP contribution in [0.3, 0.4) is 0 Å². The molecule has 116 valence electrons. The SMILES string of the molecule is CCc1cccc(CC)c1NC(=O)CNc1ccccc1Br. The summed E-state index contributed by atoms with van der Waals surface area (Å²) in [6, 6.07) is 13.9. The molecule has 1 amide bonds. The third-order valence-electron chi connectivity index (χ3n) is 3.58. The molecule has 3 nitrogen and oxygen atoms in total. The Labute approximate surface area is 140 Å². The van der Waals surface area contributed by atoms with Crippen molar-refractivity contribution in [1.82, 2.24) is 0 Å². The van der Waals surface area contributed by atoms with Gasteiger partial charge in [-0.15, -0.1) is 0 Å². The molecule has 0 aliphatic heterocycles. The Hall–Kier alpha value is -1.81. The first-order valence-electron chi connectivity index (χ1n) is 7.54. The zero-order valence-electron chi connectivity index (χ0n) is 12.9. The molecular formula is C18H21BrN2O. The maximum Gasteiger partial charge on any atom is 0.243 e. The van der Waals surface area contributed by atoms with Gasteiger partial charge in [-0.05, 0) is 52.0 Å². The number of hydrogen-bond acceptors (Lipinski definition) is 2. The summed E-state index contributed by atoms with van der Waals surface area (Å²) < 4.78 is 0.950. The van der Waals surface area contributed by atoms with Crippen LogP contribution < -0.4 is 10.6 Å². The maximum absolute atomic E-state index is 12.2. The second kappa shape index (κ2) is 7.99. The molecule has 2 N–H and O–H groups in total. The predicted octanol–water partition coefficient (Wildman–Crippen LogP) is 4.62. The van der Waals surface area contributed by atoms with Crippen molar-refractivity contribution in [1.29, 1.82) is 0 Å². The van der Waals surface area contributed by atoms with Crippen LogP contribution in [0.25, 0.3) is 0 Å². The van der Waals surface area contributed by atoms with Gasteiger partial charge in [0.05, 0.1) is 6.54 Å². The van der Waals surface area contributed by atoms with Gasteiger partial charge < -0.3 is 10.6 Å². The molecule has 0 aromatic heterocycles. The number of anilines is 2. The lowest BCUT2D eigenvalue weighted by Crippen LogP contribution is -2.23. The lowest BCUT2D eigenvalue weighted by molar-refractivity contribution is -0.114. The van der Waals surface area contributed by atoms with Crippen molar-refractivity contribution in [3.05, 3.63) is 58.1 Å². The fourth-order valence-electron chi connectivity index (χ4n) is 2.37. The molecule has 0 spiro atoms. The Morgan fingerprint density at radius 1 is 1.00 bits per heavy atom. The third kappa shape index (κ3) is 4.10. The van der Waals surface area contributed by atoms with E-state index in [2.05, 4.69) is 52.5 Å². The second-order valence-corrected chi connectivity index (χ2v) is 5.89. The number of amides is 1. The van der Waals surface area contributed by atoms with E-state index < -0.39 is 0 Å². The first kappa shape index (κ1) is 16.6. The molecule has 2 rings (SSSR count). The lowest BCUT2D eigenvalue weighted by atomic mass is 10.0. The van der Waals surface area contributed by atoms with E-state index in [1.54, 1.807) is 0 Å². The second-order valence-electron chi connectivity index (χ2n) is 5.04. The van der Waals surface area contributed by atoms with Crippen molar-refractivity contribution in [3.8, 4) is 0 Å². The van der Waals surface area contributed by atoms with Gasteiger partial charge in [-0.1, -0.05) is 44.2 Å². The number of para-hydroxylation sites is 2. The fraction of sp³-hybridized carbons (Fsp3) is 0.278. The lowest BCUT2D eigenvalue weighted by Gasteiger charge is -2.15. The van der Waals surface area contributed by atoms with Crippen LogP contribution in [0, 0.1) is 0 Å². The van der Waals surface area contributed by atoms with E-state index in [9.17, 15) is 4.79 Å². The Balaban J connectivity index is 2.05. The average Bonchev–Trinajstić information content (AvgIpc) is 2.54. The summed E-state index contributed by atoms with van der Waals surface area (Å²) in [5, 5.41) is 6.20. The number of aryl methyl sites for hydroxylation is 2. The number of carbonyl (C=O) groups excluding carboxylic acids is 1. The molecule has 22 heavy (non-hydrogen) atoms. The van der Waals surface area contributed by atoms with E-state index in [0.717, 1.165) is 28.7 Å². The van der Waals surface area contributed by atoms with Gasteiger partial charge in [-0.25, -0.2) is 0 Å². The number of hydrogen-bond donors (Lipinski definition) is 2. The van der Waals surface area contributed by atoms with Gasteiger partial charge in [0, 0.05) is 15.8 Å². The molecule has 0 fully saturated rings. The standard InChI is InChI=1S/C18H21BrN2O/c1-3-13-8-7-9-14(4-2)18(13)21-17(22)12-20-16-11-6-5-10-15(16)19/h5-11,20H,3-4,12H2,1-2H3,(H,21,22). The number of halogens is 1. The smallest absolute Gasteiger partial charge is 0.243 e. The Morgan fingerprint density at radius 2 is 1.64 bits per heavy atom. The summed E-state index contributed by atoms with van der Waals surface area (Å²) in [7, 11) is 0. The minimum atomic E-state index is -0.0358. The zero-order valence-corrected chi connectivity index (χ0v) is 14.5. The van der Waals surface area contributed by atoms with Crippen LogP contribution in [0.1, 0.15) is 25.0 Å². The topological polar surface area (TPSA) is 41.1 Å². The Bertz CT molecular complexity index is 633. The molecule has 2 aromatic carbocycles. The summed E-state index contributed by atoms with van der Waals surface area (Å²) in [5.74, 6) is -0.0358. The molecule has 0 saturated heterocycles. The average molecular weight is 361 g/mol. The molecule has 0 aliphatic rings. The molecule has 4 heteroatoms. The highest BCUT2D eigenvalue weighted by Gasteiger charge is 2.10. The number of carbonyl (C=O) groups is 1. The minimum absolute atomic E-state index is 0.0358. The van der Waals surface area contributed by atoms with Gasteiger partial charge in [0.25, 0.3) is 0 Å². The number of benzene rings is 2. The van der Waals surface area contributed by atoms with Crippen LogP contribution in [0.5, 0.6) is 0 Å². The van der Waals surface area contributed by atoms with Crippen molar-refractivity contribution in [2.24, 2.45) is 0 Å². The van der Waals surface area contributed by atoms with Gasteiger partial charge in [0.1, 0.15) is 0 Å². The normalized spacial score (nSPS) is 10.3. The van der Waals surface area contributed by atoms with Gasteiger partial charge in [-0.2, -0.15) is 0 Å². The molecule has 0 bridgehead atoms. The number of nitrogens with one attached hydrogen (secondary N) is 2. The Kier molecular flexibility index (Phi) is 6.01. The van der Waals surface area contributed by atoms with E-state index in [0.29, 0.717) is 0 Å². The molecular weight excluding hydrogens is 340 g/mol. The molecule has 0 atom stereocenters. The molecule has 0 unspecified atom stereocenters. The van der Waals surface area contributed by atoms with Gasteiger partial charge >= 0.3 is 0 Å². The van der Waals surface area contributed by atoms with E-state index in [1.807, 2.05) is 30.3 Å². The van der Waals surface area contributed by atoms with E-state index >= 15 is 0 Å². The van der Waals surface area contributed by atoms with Crippen LogP contribution in [0.2, 0.25) is 0 Å². The van der Waals surface area contributed by atoms with Crippen molar-refractivity contribution in [2.75, 3.05) is 17.2 Å². The summed E-state index contributed by atoms with van der Waals surface area (Å²) in [5.41, 5.74) is 4.23. The highest BCUT2D eigenvalue weighted by Crippen LogP contribution is 2.23. The molecule has 0 saturated carbocycles. The van der Waals surface area contributed by atoms with Crippen LogP contribution in [-0.4, -0.2) is 12.5 Å². The molecule has 0 aliphatic carbocycles. The molecule has 0 heterocycles. The quantitative estimate of drug-likeness (QED) is 0.788. The maximum atomic E-state index is 12.2. The number of rotatable bonds is 6. The van der Waals surface area contributed by atoms with Gasteiger partial charge in [0.2, 0.25) is 5.91 Å². The van der Waals surface area contributed by atoms with E-state index in [1.165, 1.54) is 11.1 Å². The fourth-order valence-corrected chi connectivity index (χ4v) is 2.79. The van der Waals surface area contributed by atoms with E-state index in [4.69, 9.17) is 0 Å². The highest BCUT2D eigenvalue weighted by molar-refractivity contribution is 9.10. The van der Waals surface area contributed by atoms with Gasteiger partial charge in [-0.3, -0.25) is 4.79 Å². The molecule has 0 radical (unpaired) electrons. The summed E-state index contributed by atoms with van der Waals surface area (Å²) in [4.78, 5) is 12.2. The van der Waals surface area contributed by atoms with Gasteiger partial charge in [0.15, 0.2) is 0 Å². The largest absolute Gasteiger partial charge is 0.375 e. The highest BCUT2D eigenvalue weighted by atomic mass is 79.9. The van der Waals surface area contributed by atoms with Crippen molar-refractivity contribution in [2.45, 2.75) is 26.7 Å². The first-order valence-corrected chi connectivity index (χ1v) is 8.34. The minimum Gasteiger partial charge on any atom is -0.375 e. The predicted molar refractivity (Wildman–Crippen MR) is 96.5 cm³/mol. The van der Waals surface area contributed by atoms with Crippen molar-refractivity contribution in [3.63, 3.8) is 0 Å². The van der Waals surface area contributed by atoms with Crippen molar-refractivity contribution >= 4 is 33.2 Å². The van der Waals surface area contributed by atoms with Crippen molar-refractivity contribution < 1.29 is 4.79 Å². The Morgan fingerprint density at radius 3 is 2.23 bits per heavy atom. The van der Waals surface area contributed by atoms with Crippen LogP contribution in [-0.2, 0) is 17.6 Å². The molecule has 2 aromatic rings. The summed E-state index contributed by atoms with van der Waals surface area (Å²) in [6.45, 7) is 4.44. The summed E-state index contributed by atoms with van der Waals surface area (Å²) in [6.07, 6.45) is 1.81. The monoisotopic (exact) mass is 360 g/mol. The summed E-state index contributed by atoms with van der Waals surface area (Å²) >= 11 is 3.46. The van der Waals surface area contributed by atoms with Crippen LogP contribution in [0.15, 0.2) is 46.9 Å². The zero-order chi connectivity index (χ0) is 15.9. The first-order chi connectivity index (χ1) is 10.7. The van der Waals surface area contributed by atoms with Crippen LogP contribution >= 0.6 is 15.9 Å².